The summed E-state index contributed by atoms with van der Waals surface area (Å²) in [4.78, 5) is 0. The summed E-state index contributed by atoms with van der Waals surface area (Å²) in [7, 11) is 0. The lowest BCUT2D eigenvalue weighted by molar-refractivity contribution is -0.00274. The maximum Gasteiger partial charge on any atom is 0.123 e. The van der Waals surface area contributed by atoms with E-state index in [1.807, 2.05) is 0 Å². The van der Waals surface area contributed by atoms with Crippen molar-refractivity contribution in [2.24, 2.45) is 11.1 Å². The van der Waals surface area contributed by atoms with E-state index in [0.29, 0.717) is 13.2 Å². The highest BCUT2D eigenvalue weighted by atomic mass is 79.9. The molecule has 0 aliphatic carbocycles. The monoisotopic (exact) mass is 301 g/mol. The molecule has 1 aromatic rings. The summed E-state index contributed by atoms with van der Waals surface area (Å²) < 4.78 is 19.7. The van der Waals surface area contributed by atoms with Crippen LogP contribution in [0, 0.1) is 11.2 Å². The van der Waals surface area contributed by atoms with E-state index >= 15 is 0 Å². The Kier molecular flexibility index (Phi) is 4.17. The Morgan fingerprint density at radius 1 is 1.47 bits per heavy atom. The summed E-state index contributed by atoms with van der Waals surface area (Å²) in [6.45, 7) is 2.06. The number of rotatable bonds is 3. The Morgan fingerprint density at radius 2 is 2.29 bits per heavy atom. The van der Waals surface area contributed by atoms with Crippen LogP contribution >= 0.6 is 15.9 Å². The third-order valence-electron chi connectivity index (χ3n) is 3.41. The minimum Gasteiger partial charge on any atom is -0.381 e. The van der Waals surface area contributed by atoms with Crippen molar-refractivity contribution in [1.29, 1.82) is 0 Å². The second kappa shape index (κ2) is 5.46. The van der Waals surface area contributed by atoms with Crippen LogP contribution in [0.1, 0.15) is 18.4 Å². The number of benzene rings is 1. The zero-order chi connectivity index (χ0) is 12.3. The molecule has 1 unspecified atom stereocenters. The molecule has 0 amide bonds. The minimum absolute atomic E-state index is 0.0332. The lowest BCUT2D eigenvalue weighted by Gasteiger charge is -2.36. The zero-order valence-corrected chi connectivity index (χ0v) is 11.3. The van der Waals surface area contributed by atoms with Gasteiger partial charge in [0.15, 0.2) is 0 Å². The third-order valence-corrected chi connectivity index (χ3v) is 4.18. The molecule has 17 heavy (non-hydrogen) atoms. The maximum absolute atomic E-state index is 13.2. The second-order valence-electron chi connectivity index (χ2n) is 4.77. The SMILES string of the molecule is NCC1(Cc2cc(F)ccc2Br)CCCOC1. The maximum atomic E-state index is 13.2. The fourth-order valence-electron chi connectivity index (χ4n) is 2.37. The van der Waals surface area contributed by atoms with E-state index in [1.54, 1.807) is 12.1 Å². The Bertz CT molecular complexity index is 391. The zero-order valence-electron chi connectivity index (χ0n) is 9.72. The molecule has 0 bridgehead atoms. The topological polar surface area (TPSA) is 35.2 Å². The highest BCUT2D eigenvalue weighted by Crippen LogP contribution is 2.33. The number of hydrogen-bond acceptors (Lipinski definition) is 2. The van der Waals surface area contributed by atoms with Crippen LogP contribution in [0.3, 0.4) is 0 Å². The second-order valence-corrected chi connectivity index (χ2v) is 5.63. The molecule has 2 N–H and O–H groups in total. The van der Waals surface area contributed by atoms with Gasteiger partial charge in [-0.25, -0.2) is 4.39 Å². The number of nitrogens with two attached hydrogens (primary N) is 1. The first-order valence-corrected chi connectivity index (χ1v) is 6.66. The highest BCUT2D eigenvalue weighted by molar-refractivity contribution is 9.10. The van der Waals surface area contributed by atoms with Gasteiger partial charge in [0.2, 0.25) is 0 Å². The Balaban J connectivity index is 2.20. The van der Waals surface area contributed by atoms with E-state index in [4.69, 9.17) is 10.5 Å². The molecule has 1 aliphatic rings. The minimum atomic E-state index is -0.202. The molecule has 1 aromatic carbocycles. The molecular weight excluding hydrogens is 285 g/mol. The first-order chi connectivity index (χ1) is 8.15. The quantitative estimate of drug-likeness (QED) is 0.932. The summed E-state index contributed by atoms with van der Waals surface area (Å²) >= 11 is 3.46. The Morgan fingerprint density at radius 3 is 2.94 bits per heavy atom. The lowest BCUT2D eigenvalue weighted by atomic mass is 9.77. The molecule has 2 nitrogen and oxygen atoms in total. The molecule has 0 radical (unpaired) electrons. The van der Waals surface area contributed by atoms with Crippen LogP contribution in [0.5, 0.6) is 0 Å². The summed E-state index contributed by atoms with van der Waals surface area (Å²) in [6, 6.07) is 4.79. The van der Waals surface area contributed by atoms with Gasteiger partial charge >= 0.3 is 0 Å². The first-order valence-electron chi connectivity index (χ1n) is 5.87. The molecule has 1 fully saturated rings. The van der Waals surface area contributed by atoms with Gasteiger partial charge in [-0.3, -0.25) is 0 Å². The van der Waals surface area contributed by atoms with Gasteiger partial charge in [-0.2, -0.15) is 0 Å². The highest BCUT2D eigenvalue weighted by Gasteiger charge is 2.32. The molecule has 1 atom stereocenters. The predicted octanol–water partition coefficient (Wildman–Crippen LogP) is 2.89. The molecule has 1 saturated heterocycles. The van der Waals surface area contributed by atoms with Crippen LogP contribution in [-0.4, -0.2) is 19.8 Å². The van der Waals surface area contributed by atoms with E-state index in [1.165, 1.54) is 6.07 Å². The van der Waals surface area contributed by atoms with Gasteiger partial charge in [-0.15, -0.1) is 0 Å². The largest absolute Gasteiger partial charge is 0.381 e. The van der Waals surface area contributed by atoms with Crippen molar-refractivity contribution in [3.8, 4) is 0 Å². The Hall–Kier alpha value is -0.450. The molecule has 0 spiro atoms. The fraction of sp³-hybridized carbons (Fsp3) is 0.538. The Labute approximate surface area is 109 Å². The normalized spacial score (nSPS) is 24.9. The van der Waals surface area contributed by atoms with Crippen molar-refractivity contribution in [1.82, 2.24) is 0 Å². The molecule has 0 aromatic heterocycles. The fourth-order valence-corrected chi connectivity index (χ4v) is 2.75. The predicted molar refractivity (Wildman–Crippen MR) is 69.3 cm³/mol. The van der Waals surface area contributed by atoms with Gasteiger partial charge in [-0.05, 0) is 43.0 Å². The van der Waals surface area contributed by atoms with E-state index < -0.39 is 0 Å². The van der Waals surface area contributed by atoms with Gasteiger partial charge in [0.05, 0.1) is 6.61 Å². The molecule has 94 valence electrons. The summed E-state index contributed by atoms with van der Waals surface area (Å²) in [5.74, 6) is -0.202. The van der Waals surface area contributed by atoms with Gasteiger partial charge in [0.1, 0.15) is 5.82 Å². The smallest absolute Gasteiger partial charge is 0.123 e. The van der Waals surface area contributed by atoms with Crippen LogP contribution < -0.4 is 5.73 Å². The molecule has 4 heteroatoms. The van der Waals surface area contributed by atoms with Crippen LogP contribution in [-0.2, 0) is 11.2 Å². The molecule has 2 rings (SSSR count). The van der Waals surface area contributed by atoms with Gasteiger partial charge in [0.25, 0.3) is 0 Å². The number of ether oxygens (including phenoxy) is 1. The number of halogens is 2. The summed E-state index contributed by atoms with van der Waals surface area (Å²) in [5, 5.41) is 0. The van der Waals surface area contributed by atoms with E-state index in [-0.39, 0.29) is 11.2 Å². The summed E-state index contributed by atoms with van der Waals surface area (Å²) in [5.41, 5.74) is 6.83. The van der Waals surface area contributed by atoms with E-state index in [0.717, 1.165) is 35.9 Å². The van der Waals surface area contributed by atoms with E-state index in [9.17, 15) is 4.39 Å². The van der Waals surface area contributed by atoms with Gasteiger partial charge in [0, 0.05) is 23.0 Å². The standard InChI is InChI=1S/C13H17BrFNO/c14-12-3-2-11(15)6-10(12)7-13(8-16)4-1-5-17-9-13/h2-3,6H,1,4-5,7-9,16H2. The number of hydrogen-bond donors (Lipinski definition) is 1. The van der Waals surface area contributed by atoms with Crippen molar-refractivity contribution in [3.63, 3.8) is 0 Å². The van der Waals surface area contributed by atoms with Crippen LogP contribution in [0.25, 0.3) is 0 Å². The lowest BCUT2D eigenvalue weighted by Crippen LogP contribution is -2.40. The molecule has 0 saturated carbocycles. The third kappa shape index (κ3) is 3.06. The van der Waals surface area contributed by atoms with Gasteiger partial charge < -0.3 is 10.5 Å². The van der Waals surface area contributed by atoms with Crippen molar-refractivity contribution in [2.75, 3.05) is 19.8 Å². The van der Waals surface area contributed by atoms with Crippen molar-refractivity contribution < 1.29 is 9.13 Å². The van der Waals surface area contributed by atoms with Crippen molar-refractivity contribution in [3.05, 3.63) is 34.1 Å². The van der Waals surface area contributed by atoms with Crippen LogP contribution in [0.2, 0.25) is 0 Å². The van der Waals surface area contributed by atoms with Crippen molar-refractivity contribution >= 4 is 15.9 Å². The first kappa shape index (κ1) is 13.0. The summed E-state index contributed by atoms with van der Waals surface area (Å²) in [6.07, 6.45) is 2.85. The molecule has 1 heterocycles. The average molecular weight is 302 g/mol. The van der Waals surface area contributed by atoms with Gasteiger partial charge in [-0.1, -0.05) is 15.9 Å². The van der Waals surface area contributed by atoms with E-state index in [2.05, 4.69) is 15.9 Å². The molecular formula is C13H17BrFNO. The van der Waals surface area contributed by atoms with Crippen LogP contribution in [0.15, 0.2) is 22.7 Å². The van der Waals surface area contributed by atoms with Crippen LogP contribution in [0.4, 0.5) is 4.39 Å². The van der Waals surface area contributed by atoms with Crippen molar-refractivity contribution in [2.45, 2.75) is 19.3 Å². The molecule has 1 aliphatic heterocycles. The average Bonchev–Trinajstić information content (AvgIpc) is 2.35.